The number of non-ortho nitro benzene ring substituents is 1. The third kappa shape index (κ3) is 4.77. The second-order valence-corrected chi connectivity index (χ2v) is 9.29. The Kier molecular flexibility index (Phi) is 6.22. The third-order valence-corrected chi connectivity index (χ3v) is 7.02. The molecule has 12 heteroatoms. The summed E-state index contributed by atoms with van der Waals surface area (Å²) in [5.74, 6) is -0.0789. The Morgan fingerprint density at radius 2 is 1.73 bits per heavy atom. The Balaban J connectivity index is 1.53. The molecule has 1 saturated heterocycles. The highest BCUT2D eigenvalue weighted by Crippen LogP contribution is 2.22. The molecular formula is C21H21N5O6S. The van der Waals surface area contributed by atoms with E-state index < -0.39 is 20.9 Å². The van der Waals surface area contributed by atoms with Crippen LogP contribution in [0.25, 0.3) is 5.69 Å². The Labute approximate surface area is 189 Å². The van der Waals surface area contributed by atoms with Gasteiger partial charge >= 0.3 is 0 Å². The number of morpholine rings is 1. The minimum absolute atomic E-state index is 0.0552. The van der Waals surface area contributed by atoms with E-state index in [0.29, 0.717) is 30.4 Å². The molecule has 3 aromatic rings. The molecule has 11 nitrogen and oxygen atoms in total. The number of benzene rings is 2. The number of ether oxygens (including phenoxy) is 1. The van der Waals surface area contributed by atoms with Gasteiger partial charge in [-0.15, -0.1) is 0 Å². The van der Waals surface area contributed by atoms with Crippen molar-refractivity contribution in [3.05, 3.63) is 76.0 Å². The summed E-state index contributed by atoms with van der Waals surface area (Å²) in [5, 5.41) is 18.0. The summed E-state index contributed by atoms with van der Waals surface area (Å²) >= 11 is 0. The fourth-order valence-electron chi connectivity index (χ4n) is 3.40. The van der Waals surface area contributed by atoms with Gasteiger partial charge in [-0.25, -0.2) is 13.1 Å². The number of aromatic nitrogens is 2. The van der Waals surface area contributed by atoms with E-state index in [9.17, 15) is 23.3 Å². The van der Waals surface area contributed by atoms with Crippen molar-refractivity contribution in [1.29, 1.82) is 0 Å². The number of hydrogen-bond donors (Lipinski definition) is 1. The molecule has 2 heterocycles. The molecule has 1 fully saturated rings. The van der Waals surface area contributed by atoms with Crippen molar-refractivity contribution in [2.24, 2.45) is 0 Å². The van der Waals surface area contributed by atoms with E-state index in [-0.39, 0.29) is 29.2 Å². The normalized spacial score (nSPS) is 14.7. The van der Waals surface area contributed by atoms with Crippen molar-refractivity contribution in [3.63, 3.8) is 0 Å². The molecule has 1 amide bonds. The lowest BCUT2D eigenvalue weighted by Crippen LogP contribution is -2.40. The number of amides is 1. The summed E-state index contributed by atoms with van der Waals surface area (Å²) < 4.78 is 33.5. The molecule has 0 aliphatic carbocycles. The van der Waals surface area contributed by atoms with Gasteiger partial charge in [0.05, 0.1) is 34.4 Å². The van der Waals surface area contributed by atoms with E-state index in [4.69, 9.17) is 4.74 Å². The molecule has 2 aromatic carbocycles. The summed E-state index contributed by atoms with van der Waals surface area (Å²) in [5.41, 5.74) is 1.39. The highest BCUT2D eigenvalue weighted by Gasteiger charge is 2.26. The fourth-order valence-corrected chi connectivity index (χ4v) is 4.81. The number of nitrogens with one attached hydrogen (secondary N) is 1. The Hall–Kier alpha value is -3.61. The van der Waals surface area contributed by atoms with Crippen molar-refractivity contribution in [2.75, 3.05) is 31.6 Å². The van der Waals surface area contributed by atoms with Gasteiger partial charge in [-0.2, -0.15) is 9.40 Å². The number of hydrogen-bond acceptors (Lipinski definition) is 7. The van der Waals surface area contributed by atoms with Crippen LogP contribution in [-0.2, 0) is 14.8 Å². The molecule has 1 aliphatic heterocycles. The lowest BCUT2D eigenvalue weighted by Gasteiger charge is -2.26. The van der Waals surface area contributed by atoms with Crippen molar-refractivity contribution < 1.29 is 22.9 Å². The summed E-state index contributed by atoms with van der Waals surface area (Å²) in [7, 11) is -3.65. The van der Waals surface area contributed by atoms with E-state index in [1.54, 1.807) is 13.0 Å². The van der Waals surface area contributed by atoms with Gasteiger partial charge in [-0.1, -0.05) is 0 Å². The summed E-state index contributed by atoms with van der Waals surface area (Å²) in [6.07, 6.45) is 0. The van der Waals surface area contributed by atoms with E-state index >= 15 is 0 Å². The fraction of sp³-hybridized carbons (Fsp3) is 0.238. The number of nitrogens with zero attached hydrogens (tertiary/aromatic N) is 4. The minimum Gasteiger partial charge on any atom is -0.379 e. The van der Waals surface area contributed by atoms with Crippen LogP contribution in [0.2, 0.25) is 0 Å². The van der Waals surface area contributed by atoms with E-state index in [2.05, 4.69) is 10.4 Å². The van der Waals surface area contributed by atoms with Crippen LogP contribution in [0.3, 0.4) is 0 Å². The van der Waals surface area contributed by atoms with Gasteiger partial charge in [0.25, 0.3) is 11.6 Å². The zero-order valence-electron chi connectivity index (χ0n) is 17.7. The smallest absolute Gasteiger partial charge is 0.269 e. The van der Waals surface area contributed by atoms with Gasteiger partial charge in [-0.05, 0) is 43.3 Å². The number of aryl methyl sites for hydroxylation is 1. The molecule has 0 spiro atoms. The van der Waals surface area contributed by atoms with Crippen LogP contribution in [-0.4, -0.2) is 59.6 Å². The molecule has 1 aromatic heterocycles. The number of carbonyl (C=O) groups is 1. The molecule has 0 atom stereocenters. The topological polar surface area (TPSA) is 137 Å². The number of nitro groups is 1. The zero-order chi connectivity index (χ0) is 23.6. The first kappa shape index (κ1) is 22.6. The molecule has 0 radical (unpaired) electrons. The number of carbonyl (C=O) groups excluding carboxylic acids is 1. The summed E-state index contributed by atoms with van der Waals surface area (Å²) in [6, 6.07) is 13.1. The molecule has 4 rings (SSSR count). The Morgan fingerprint density at radius 3 is 2.33 bits per heavy atom. The Bertz CT molecular complexity index is 1280. The molecule has 33 heavy (non-hydrogen) atoms. The van der Waals surface area contributed by atoms with Crippen LogP contribution in [0.15, 0.2) is 59.5 Å². The van der Waals surface area contributed by atoms with E-state index in [0.717, 1.165) is 0 Å². The van der Waals surface area contributed by atoms with Gasteiger partial charge in [0, 0.05) is 36.9 Å². The van der Waals surface area contributed by atoms with Gasteiger partial charge in [-0.3, -0.25) is 14.9 Å². The third-order valence-electron chi connectivity index (χ3n) is 5.10. The summed E-state index contributed by atoms with van der Waals surface area (Å²) in [4.78, 5) is 23.3. The SMILES string of the molecule is Cc1cc(NC(=O)c2ccc(S(=O)(=O)N3CCOCC3)cc2)n(-c2ccc([N+](=O)[O-])cc2)n1. The summed E-state index contributed by atoms with van der Waals surface area (Å²) in [6.45, 7) is 3.03. The monoisotopic (exact) mass is 471 g/mol. The van der Waals surface area contributed by atoms with E-state index in [1.807, 2.05) is 0 Å². The molecule has 1 N–H and O–H groups in total. The highest BCUT2D eigenvalue weighted by molar-refractivity contribution is 7.89. The van der Waals surface area contributed by atoms with Gasteiger partial charge in [0.15, 0.2) is 0 Å². The average molecular weight is 471 g/mol. The lowest BCUT2D eigenvalue weighted by molar-refractivity contribution is -0.384. The predicted molar refractivity (Wildman–Crippen MR) is 119 cm³/mol. The first-order valence-electron chi connectivity index (χ1n) is 10.1. The van der Waals surface area contributed by atoms with Crippen molar-refractivity contribution >= 4 is 27.4 Å². The molecule has 172 valence electrons. The van der Waals surface area contributed by atoms with Crippen molar-refractivity contribution in [2.45, 2.75) is 11.8 Å². The van der Waals surface area contributed by atoms with Crippen LogP contribution in [0.4, 0.5) is 11.5 Å². The predicted octanol–water partition coefficient (Wildman–Crippen LogP) is 2.36. The second-order valence-electron chi connectivity index (χ2n) is 7.35. The van der Waals surface area contributed by atoms with Crippen LogP contribution < -0.4 is 5.32 Å². The van der Waals surface area contributed by atoms with Crippen molar-refractivity contribution in [1.82, 2.24) is 14.1 Å². The maximum atomic E-state index is 12.8. The molecule has 1 aliphatic rings. The second kappa shape index (κ2) is 9.10. The minimum atomic E-state index is -3.65. The largest absolute Gasteiger partial charge is 0.379 e. The lowest BCUT2D eigenvalue weighted by atomic mass is 10.2. The number of nitro benzene ring substituents is 1. The first-order valence-corrected chi connectivity index (χ1v) is 11.5. The quantitative estimate of drug-likeness (QED) is 0.430. The number of anilines is 1. The standard InChI is InChI=1S/C21H21N5O6S/c1-15-14-20(25(23-15)17-4-6-18(7-5-17)26(28)29)22-21(27)16-2-8-19(9-3-16)33(30,31)24-10-12-32-13-11-24/h2-9,14H,10-13H2,1H3,(H,22,27). The van der Waals surface area contributed by atoms with Crippen molar-refractivity contribution in [3.8, 4) is 5.69 Å². The average Bonchev–Trinajstić information content (AvgIpc) is 3.19. The van der Waals surface area contributed by atoms with Crippen LogP contribution in [0.5, 0.6) is 0 Å². The first-order chi connectivity index (χ1) is 15.8. The van der Waals surface area contributed by atoms with Gasteiger partial charge in [0.2, 0.25) is 10.0 Å². The van der Waals surface area contributed by atoms with Gasteiger partial charge < -0.3 is 10.1 Å². The van der Waals surface area contributed by atoms with Crippen LogP contribution in [0.1, 0.15) is 16.1 Å². The molecule has 0 unspecified atom stereocenters. The van der Waals surface area contributed by atoms with Gasteiger partial charge in [0.1, 0.15) is 5.82 Å². The highest BCUT2D eigenvalue weighted by atomic mass is 32.2. The molecule has 0 saturated carbocycles. The molecule has 0 bridgehead atoms. The van der Waals surface area contributed by atoms with E-state index in [1.165, 1.54) is 57.5 Å². The maximum Gasteiger partial charge on any atom is 0.269 e. The van der Waals surface area contributed by atoms with Crippen LogP contribution >= 0.6 is 0 Å². The maximum absolute atomic E-state index is 12.8. The molecular weight excluding hydrogens is 450 g/mol. The zero-order valence-corrected chi connectivity index (χ0v) is 18.5. The Morgan fingerprint density at radius 1 is 1.09 bits per heavy atom. The number of rotatable bonds is 6. The number of sulfonamides is 1. The van der Waals surface area contributed by atoms with Crippen LogP contribution in [0, 0.1) is 17.0 Å².